The number of ether oxygens (including phenoxy) is 1. The number of aryl methyl sites for hydroxylation is 1. The van der Waals surface area contributed by atoms with Gasteiger partial charge in [-0.3, -0.25) is 9.58 Å². The van der Waals surface area contributed by atoms with Crippen LogP contribution in [0.25, 0.3) is 0 Å². The smallest absolute Gasteiger partial charge is 0.107 e. The van der Waals surface area contributed by atoms with Crippen molar-refractivity contribution in [3.8, 4) is 0 Å². The first kappa shape index (κ1) is 15.3. The second kappa shape index (κ2) is 6.71. The summed E-state index contributed by atoms with van der Waals surface area (Å²) in [5, 5.41) is 7.57. The first-order chi connectivity index (χ1) is 11.3. The van der Waals surface area contributed by atoms with Crippen LogP contribution in [-0.4, -0.2) is 45.0 Å². The van der Waals surface area contributed by atoms with Gasteiger partial charge in [0, 0.05) is 44.0 Å². The molecule has 124 valence electrons. The summed E-state index contributed by atoms with van der Waals surface area (Å²) in [5.41, 5.74) is 1.29. The van der Waals surface area contributed by atoms with E-state index in [4.69, 9.17) is 4.74 Å². The van der Waals surface area contributed by atoms with Crippen LogP contribution in [0.5, 0.6) is 0 Å². The fourth-order valence-corrected chi connectivity index (χ4v) is 4.05. The Morgan fingerprint density at radius 2 is 2.26 bits per heavy atom. The third kappa shape index (κ3) is 3.82. The van der Waals surface area contributed by atoms with E-state index in [1.54, 1.807) is 11.3 Å². The maximum atomic E-state index is 6.28. The first-order valence-corrected chi connectivity index (χ1v) is 9.37. The molecule has 5 nitrogen and oxygen atoms in total. The van der Waals surface area contributed by atoms with Crippen molar-refractivity contribution in [1.29, 1.82) is 0 Å². The van der Waals surface area contributed by atoms with E-state index in [0.717, 1.165) is 38.5 Å². The van der Waals surface area contributed by atoms with Crippen molar-refractivity contribution in [2.75, 3.05) is 13.2 Å². The van der Waals surface area contributed by atoms with E-state index in [1.807, 2.05) is 24.1 Å². The first-order valence-electron chi connectivity index (χ1n) is 8.49. The van der Waals surface area contributed by atoms with Crippen molar-refractivity contribution in [2.45, 2.75) is 44.4 Å². The zero-order chi connectivity index (χ0) is 15.6. The third-order valence-corrected chi connectivity index (χ3v) is 5.63. The van der Waals surface area contributed by atoms with E-state index in [1.165, 1.54) is 23.4 Å². The number of hydrogen-bond acceptors (Lipinski definition) is 5. The predicted octanol–water partition coefficient (Wildman–Crippen LogP) is 2.49. The van der Waals surface area contributed by atoms with Crippen molar-refractivity contribution in [3.05, 3.63) is 34.5 Å². The van der Waals surface area contributed by atoms with Gasteiger partial charge in [-0.05, 0) is 37.2 Å². The molecule has 1 saturated carbocycles. The Kier molecular flexibility index (Phi) is 4.46. The van der Waals surface area contributed by atoms with Crippen LogP contribution in [0.3, 0.4) is 0 Å². The average molecular weight is 332 g/mol. The molecule has 1 aliphatic heterocycles. The Labute approximate surface area is 141 Å². The second-order valence-corrected chi connectivity index (χ2v) is 7.77. The molecular formula is C17H24N4OS. The molecule has 0 radical (unpaired) electrons. The zero-order valence-electron chi connectivity index (χ0n) is 13.6. The van der Waals surface area contributed by atoms with Crippen molar-refractivity contribution < 1.29 is 4.74 Å². The molecule has 23 heavy (non-hydrogen) atoms. The highest BCUT2D eigenvalue weighted by molar-refractivity contribution is 7.09. The summed E-state index contributed by atoms with van der Waals surface area (Å²) in [6.45, 7) is 2.98. The Morgan fingerprint density at radius 3 is 2.96 bits per heavy atom. The second-order valence-electron chi connectivity index (χ2n) is 6.79. The van der Waals surface area contributed by atoms with Gasteiger partial charge in [0.05, 0.1) is 18.8 Å². The predicted molar refractivity (Wildman–Crippen MR) is 90.3 cm³/mol. The Balaban J connectivity index is 1.45. The van der Waals surface area contributed by atoms with Gasteiger partial charge in [0.2, 0.25) is 0 Å². The molecule has 2 aliphatic rings. The Morgan fingerprint density at radius 1 is 1.35 bits per heavy atom. The van der Waals surface area contributed by atoms with Crippen LogP contribution in [0.4, 0.5) is 0 Å². The molecule has 3 heterocycles. The molecule has 2 aromatic rings. The minimum absolute atomic E-state index is 0.343. The number of nitrogens with zero attached hydrogens (tertiary/aromatic N) is 4. The summed E-state index contributed by atoms with van der Waals surface area (Å²) < 4.78 is 8.17. The third-order valence-electron chi connectivity index (χ3n) is 4.87. The standard InChI is InChI=1S/C17H24N4OS/c1-20-10-14(9-19-20)8-15-16(22-12-13-2-3-13)4-6-21(15)11-17-18-5-7-23-17/h5,7,9-10,13,15-16H,2-4,6,8,11-12H2,1H3/t15-,16-/m1/s1. The van der Waals surface area contributed by atoms with Gasteiger partial charge in [-0.15, -0.1) is 11.3 Å². The summed E-state index contributed by atoms with van der Waals surface area (Å²) in [6, 6.07) is 0.432. The lowest BCUT2D eigenvalue weighted by Gasteiger charge is -2.27. The quantitative estimate of drug-likeness (QED) is 0.781. The molecule has 0 spiro atoms. The molecular weight excluding hydrogens is 308 g/mol. The molecule has 1 saturated heterocycles. The molecule has 0 unspecified atom stereocenters. The number of thiazole rings is 1. The van der Waals surface area contributed by atoms with Crippen LogP contribution in [-0.2, 0) is 24.8 Å². The van der Waals surface area contributed by atoms with Gasteiger partial charge < -0.3 is 4.74 Å². The summed E-state index contributed by atoms with van der Waals surface area (Å²) in [7, 11) is 1.98. The molecule has 0 amide bonds. The van der Waals surface area contributed by atoms with Crippen LogP contribution in [0.15, 0.2) is 24.0 Å². The van der Waals surface area contributed by atoms with Gasteiger partial charge in [-0.2, -0.15) is 5.10 Å². The van der Waals surface area contributed by atoms with Crippen LogP contribution in [0.2, 0.25) is 0 Å². The zero-order valence-corrected chi connectivity index (χ0v) is 14.4. The lowest BCUT2D eigenvalue weighted by atomic mass is 10.0. The van der Waals surface area contributed by atoms with Crippen LogP contribution < -0.4 is 0 Å². The molecule has 4 rings (SSSR count). The van der Waals surface area contributed by atoms with Crippen molar-refractivity contribution in [2.24, 2.45) is 13.0 Å². The Bertz CT molecular complexity index is 622. The lowest BCUT2D eigenvalue weighted by Crippen LogP contribution is -2.38. The Hall–Kier alpha value is -1.24. The van der Waals surface area contributed by atoms with Gasteiger partial charge in [0.25, 0.3) is 0 Å². The average Bonchev–Trinajstić information content (AvgIpc) is 2.92. The molecule has 2 atom stereocenters. The molecule has 0 aromatic carbocycles. The molecule has 6 heteroatoms. The highest BCUT2D eigenvalue weighted by Gasteiger charge is 2.36. The van der Waals surface area contributed by atoms with Crippen LogP contribution in [0.1, 0.15) is 29.8 Å². The summed E-state index contributed by atoms with van der Waals surface area (Å²) in [6.07, 6.45) is 11.2. The highest BCUT2D eigenvalue weighted by atomic mass is 32.1. The minimum Gasteiger partial charge on any atom is -0.376 e. The minimum atomic E-state index is 0.343. The summed E-state index contributed by atoms with van der Waals surface area (Å²) in [5.74, 6) is 0.821. The summed E-state index contributed by atoms with van der Waals surface area (Å²) in [4.78, 5) is 7.00. The molecule has 0 N–H and O–H groups in total. The van der Waals surface area contributed by atoms with E-state index in [9.17, 15) is 0 Å². The molecule has 1 aliphatic carbocycles. The van der Waals surface area contributed by atoms with Crippen molar-refractivity contribution in [1.82, 2.24) is 19.7 Å². The number of likely N-dealkylation sites (tertiary alicyclic amines) is 1. The van der Waals surface area contributed by atoms with E-state index in [0.29, 0.717) is 12.1 Å². The summed E-state index contributed by atoms with van der Waals surface area (Å²) >= 11 is 1.74. The largest absolute Gasteiger partial charge is 0.376 e. The van der Waals surface area contributed by atoms with Gasteiger partial charge in [0.15, 0.2) is 0 Å². The van der Waals surface area contributed by atoms with E-state index in [2.05, 4.69) is 26.6 Å². The molecule has 2 fully saturated rings. The van der Waals surface area contributed by atoms with Crippen LogP contribution in [0, 0.1) is 5.92 Å². The maximum absolute atomic E-state index is 6.28. The van der Waals surface area contributed by atoms with Crippen molar-refractivity contribution >= 4 is 11.3 Å². The fraction of sp³-hybridized carbons (Fsp3) is 0.647. The SMILES string of the molecule is Cn1cc(C[C@@H]2[C@H](OCC3CC3)CCN2Cc2nccs2)cn1. The van der Waals surface area contributed by atoms with Gasteiger partial charge in [-0.25, -0.2) is 4.98 Å². The van der Waals surface area contributed by atoms with E-state index in [-0.39, 0.29) is 0 Å². The lowest BCUT2D eigenvalue weighted by molar-refractivity contribution is 0.0196. The van der Waals surface area contributed by atoms with E-state index >= 15 is 0 Å². The monoisotopic (exact) mass is 332 g/mol. The number of rotatable bonds is 7. The maximum Gasteiger partial charge on any atom is 0.107 e. The molecule has 2 aromatic heterocycles. The highest BCUT2D eigenvalue weighted by Crippen LogP contribution is 2.32. The molecule has 0 bridgehead atoms. The number of aromatic nitrogens is 3. The fourth-order valence-electron chi connectivity index (χ4n) is 3.41. The van der Waals surface area contributed by atoms with Gasteiger partial charge >= 0.3 is 0 Å². The van der Waals surface area contributed by atoms with Crippen molar-refractivity contribution in [3.63, 3.8) is 0 Å². The number of hydrogen-bond donors (Lipinski definition) is 0. The van der Waals surface area contributed by atoms with E-state index < -0.39 is 0 Å². The topological polar surface area (TPSA) is 43.2 Å². The normalized spacial score (nSPS) is 25.3. The van der Waals surface area contributed by atoms with Gasteiger partial charge in [-0.1, -0.05) is 0 Å². The van der Waals surface area contributed by atoms with Crippen LogP contribution >= 0.6 is 11.3 Å². The van der Waals surface area contributed by atoms with Gasteiger partial charge in [0.1, 0.15) is 5.01 Å².